The average molecular weight is 267 g/mol. The molecule has 54 valence electrons. The zero-order valence-electron chi connectivity index (χ0n) is 5.35. The fourth-order valence-electron chi connectivity index (χ4n) is 1.12. The van der Waals surface area contributed by atoms with Gasteiger partial charge < -0.3 is 0 Å². The topological polar surface area (TPSA) is 4.93 Å². The van der Waals surface area contributed by atoms with Crippen molar-refractivity contribution < 1.29 is 0 Å². The molecule has 0 aromatic carbocycles. The molecule has 0 amide bonds. The van der Waals surface area contributed by atoms with Crippen molar-refractivity contribution in [1.29, 1.82) is 0 Å². The fraction of sp³-hybridized carbons (Fsp3) is 0.429. The van der Waals surface area contributed by atoms with Crippen molar-refractivity contribution in [3.8, 4) is 0 Å². The van der Waals surface area contributed by atoms with Crippen LogP contribution < -0.4 is 0 Å². The molecule has 2 rings (SSSR count). The molecule has 1 nitrogen and oxygen atoms in total. The standard InChI is InChI=1S/C7H7ClIN/c8-10-4-3-6(9)7(10)5-1-2-5/h3-5H,1-2H2. The van der Waals surface area contributed by atoms with Gasteiger partial charge in [0, 0.05) is 27.5 Å². The highest BCUT2D eigenvalue weighted by atomic mass is 127. The Balaban J connectivity index is 2.44. The van der Waals surface area contributed by atoms with Crippen molar-refractivity contribution in [2.45, 2.75) is 18.8 Å². The number of hydrogen-bond acceptors (Lipinski definition) is 0. The lowest BCUT2D eigenvalue weighted by atomic mass is 10.3. The third-order valence-corrected chi connectivity index (χ3v) is 3.00. The highest BCUT2D eigenvalue weighted by molar-refractivity contribution is 14.1. The molecule has 1 aliphatic carbocycles. The van der Waals surface area contributed by atoms with E-state index in [1.165, 1.54) is 22.1 Å². The molecule has 0 atom stereocenters. The van der Waals surface area contributed by atoms with Crippen LogP contribution in [0.15, 0.2) is 12.3 Å². The first kappa shape index (κ1) is 6.98. The Bertz CT molecular complexity index is 233. The van der Waals surface area contributed by atoms with Gasteiger partial charge in [0.15, 0.2) is 0 Å². The predicted octanol–water partition coefficient (Wildman–Crippen LogP) is 2.97. The average Bonchev–Trinajstić information content (AvgIpc) is 2.64. The van der Waals surface area contributed by atoms with Gasteiger partial charge >= 0.3 is 0 Å². The first-order chi connectivity index (χ1) is 4.79. The van der Waals surface area contributed by atoms with Crippen LogP contribution in [0.3, 0.4) is 0 Å². The Morgan fingerprint density at radius 3 is 2.70 bits per heavy atom. The quantitative estimate of drug-likeness (QED) is 0.690. The summed E-state index contributed by atoms with van der Waals surface area (Å²) in [6.07, 6.45) is 4.54. The van der Waals surface area contributed by atoms with Crippen LogP contribution in [0.5, 0.6) is 0 Å². The third kappa shape index (κ3) is 1.07. The first-order valence-corrected chi connectivity index (χ1v) is 4.73. The van der Waals surface area contributed by atoms with Crippen molar-refractivity contribution >= 4 is 34.4 Å². The normalized spacial score (nSPS) is 17.8. The maximum Gasteiger partial charge on any atom is 0.0513 e. The molecule has 0 saturated heterocycles. The Kier molecular flexibility index (Phi) is 1.68. The van der Waals surface area contributed by atoms with E-state index in [0.717, 1.165) is 5.92 Å². The lowest BCUT2D eigenvalue weighted by Crippen LogP contribution is -1.87. The van der Waals surface area contributed by atoms with E-state index in [2.05, 4.69) is 28.7 Å². The van der Waals surface area contributed by atoms with Gasteiger partial charge in [-0.15, -0.1) is 0 Å². The van der Waals surface area contributed by atoms with Gasteiger partial charge in [-0.05, 0) is 41.5 Å². The van der Waals surface area contributed by atoms with E-state index in [4.69, 9.17) is 11.8 Å². The van der Waals surface area contributed by atoms with Gasteiger partial charge in [-0.1, -0.05) is 0 Å². The van der Waals surface area contributed by atoms with Crippen molar-refractivity contribution in [3.05, 3.63) is 21.5 Å². The van der Waals surface area contributed by atoms with Crippen LogP contribution in [0.25, 0.3) is 0 Å². The molecule has 1 aromatic rings. The molecule has 1 saturated carbocycles. The second-order valence-electron chi connectivity index (χ2n) is 2.63. The van der Waals surface area contributed by atoms with E-state index >= 15 is 0 Å². The van der Waals surface area contributed by atoms with Crippen molar-refractivity contribution in [1.82, 2.24) is 4.09 Å². The highest BCUT2D eigenvalue weighted by Crippen LogP contribution is 2.42. The highest BCUT2D eigenvalue weighted by Gasteiger charge is 2.28. The summed E-state index contributed by atoms with van der Waals surface area (Å²) in [5, 5.41) is 0. The molecule has 0 unspecified atom stereocenters. The van der Waals surface area contributed by atoms with Gasteiger partial charge in [0.25, 0.3) is 0 Å². The Morgan fingerprint density at radius 1 is 1.60 bits per heavy atom. The first-order valence-electron chi connectivity index (χ1n) is 3.32. The van der Waals surface area contributed by atoms with Gasteiger partial charge in [-0.25, -0.2) is 0 Å². The lowest BCUT2D eigenvalue weighted by Gasteiger charge is -1.97. The molecule has 0 aliphatic heterocycles. The van der Waals surface area contributed by atoms with E-state index < -0.39 is 0 Å². The van der Waals surface area contributed by atoms with E-state index in [9.17, 15) is 0 Å². The maximum absolute atomic E-state index is 5.89. The molecule has 0 radical (unpaired) electrons. The van der Waals surface area contributed by atoms with Crippen LogP contribution >= 0.6 is 34.4 Å². The van der Waals surface area contributed by atoms with Crippen LogP contribution in [0, 0.1) is 3.57 Å². The van der Waals surface area contributed by atoms with E-state index in [1.54, 1.807) is 4.09 Å². The minimum atomic E-state index is 0.749. The van der Waals surface area contributed by atoms with Gasteiger partial charge in [-0.2, -0.15) is 0 Å². The summed E-state index contributed by atoms with van der Waals surface area (Å²) in [6, 6.07) is 2.06. The van der Waals surface area contributed by atoms with E-state index in [0.29, 0.717) is 0 Å². The molecule has 1 fully saturated rings. The van der Waals surface area contributed by atoms with Crippen LogP contribution in [0.1, 0.15) is 24.5 Å². The SMILES string of the molecule is Cln1ccc(I)c1C1CC1. The van der Waals surface area contributed by atoms with Gasteiger partial charge in [0.1, 0.15) is 0 Å². The van der Waals surface area contributed by atoms with Crippen molar-refractivity contribution in [2.24, 2.45) is 0 Å². The largest absolute Gasteiger partial charge is 0.264 e. The zero-order chi connectivity index (χ0) is 7.14. The number of aromatic nitrogens is 1. The summed E-state index contributed by atoms with van der Waals surface area (Å²) in [7, 11) is 0. The van der Waals surface area contributed by atoms with Gasteiger partial charge in [-0.3, -0.25) is 4.09 Å². The molecular formula is C7H7ClIN. The second kappa shape index (κ2) is 2.41. The molecule has 1 aliphatic rings. The van der Waals surface area contributed by atoms with E-state index in [1.807, 2.05) is 6.20 Å². The number of nitrogens with zero attached hydrogens (tertiary/aromatic N) is 1. The Labute approximate surface area is 78.6 Å². The third-order valence-electron chi connectivity index (χ3n) is 1.79. The second-order valence-corrected chi connectivity index (χ2v) is 4.16. The summed E-state index contributed by atoms with van der Waals surface area (Å²) in [4.78, 5) is 0. The minimum Gasteiger partial charge on any atom is -0.264 e. The Hall–Kier alpha value is 0.300. The van der Waals surface area contributed by atoms with Crippen LogP contribution in [0.2, 0.25) is 0 Å². The molecule has 0 spiro atoms. The minimum absolute atomic E-state index is 0.749. The van der Waals surface area contributed by atoms with Crippen molar-refractivity contribution in [3.63, 3.8) is 0 Å². The molecule has 0 N–H and O–H groups in total. The monoisotopic (exact) mass is 267 g/mol. The van der Waals surface area contributed by atoms with Crippen molar-refractivity contribution in [2.75, 3.05) is 0 Å². The maximum atomic E-state index is 5.89. The summed E-state index contributed by atoms with van der Waals surface area (Å²) in [5.41, 5.74) is 1.31. The van der Waals surface area contributed by atoms with Crippen LogP contribution in [-0.4, -0.2) is 4.09 Å². The molecule has 1 heterocycles. The van der Waals surface area contributed by atoms with Crippen LogP contribution in [0.4, 0.5) is 0 Å². The summed E-state index contributed by atoms with van der Waals surface area (Å²) < 4.78 is 3.02. The molecule has 1 aromatic heterocycles. The molecular weight excluding hydrogens is 260 g/mol. The smallest absolute Gasteiger partial charge is 0.0513 e. The predicted molar refractivity (Wildman–Crippen MR) is 50.4 cm³/mol. The van der Waals surface area contributed by atoms with Crippen LogP contribution in [-0.2, 0) is 0 Å². The molecule has 3 heteroatoms. The molecule has 10 heavy (non-hydrogen) atoms. The van der Waals surface area contributed by atoms with E-state index in [-0.39, 0.29) is 0 Å². The lowest BCUT2D eigenvalue weighted by molar-refractivity contribution is 0.994. The summed E-state index contributed by atoms with van der Waals surface area (Å²) in [5.74, 6) is 0.749. The number of halogens is 2. The molecule has 0 bridgehead atoms. The zero-order valence-corrected chi connectivity index (χ0v) is 8.26. The van der Waals surface area contributed by atoms with Gasteiger partial charge in [0.2, 0.25) is 0 Å². The Morgan fingerprint density at radius 2 is 2.30 bits per heavy atom. The number of rotatable bonds is 1. The fourth-order valence-corrected chi connectivity index (χ4v) is 2.41. The summed E-state index contributed by atoms with van der Waals surface area (Å²) >= 11 is 8.22. The number of hydrogen-bond donors (Lipinski definition) is 0. The summed E-state index contributed by atoms with van der Waals surface area (Å²) in [6.45, 7) is 0. The van der Waals surface area contributed by atoms with Gasteiger partial charge in [0.05, 0.1) is 5.69 Å².